The van der Waals surface area contributed by atoms with Crippen LogP contribution in [0.2, 0.25) is 0 Å². The van der Waals surface area contributed by atoms with Gasteiger partial charge in [-0.15, -0.1) is 0 Å². The summed E-state index contributed by atoms with van der Waals surface area (Å²) in [4.78, 5) is 31.8. The largest absolute Gasteiger partial charge is 0.400 e. The van der Waals surface area contributed by atoms with Gasteiger partial charge < -0.3 is 24.0 Å². The number of morpholine rings is 2. The molecule has 11 heteroatoms. The summed E-state index contributed by atoms with van der Waals surface area (Å²) >= 11 is 0. The number of Topliss-reactive ketones (excluding diaryl/α,β-unsaturated/α-hetero) is 2. The van der Waals surface area contributed by atoms with Crippen LogP contribution >= 0.6 is 8.45 Å². The molecule has 5 unspecified atom stereocenters. The summed E-state index contributed by atoms with van der Waals surface area (Å²) in [7, 11) is 2.02. The second kappa shape index (κ2) is 13.8. The minimum atomic E-state index is -1.31. The van der Waals surface area contributed by atoms with E-state index in [1.54, 1.807) is 13.8 Å². The van der Waals surface area contributed by atoms with E-state index in [4.69, 9.17) is 23.4 Å². The van der Waals surface area contributed by atoms with Gasteiger partial charge in [0.2, 0.25) is 7.98 Å². The third-order valence-electron chi connectivity index (χ3n) is 10.3. The Morgan fingerprint density at radius 1 is 1.04 bits per heavy atom. The van der Waals surface area contributed by atoms with E-state index in [1.165, 1.54) is 7.11 Å². The zero-order valence-corrected chi connectivity index (χ0v) is 32.0. The van der Waals surface area contributed by atoms with Crippen molar-refractivity contribution in [2.75, 3.05) is 27.3 Å². The van der Waals surface area contributed by atoms with Gasteiger partial charge in [0, 0.05) is 26.0 Å². The molecular weight excluding hydrogens is 591 g/mol. The van der Waals surface area contributed by atoms with E-state index in [-0.39, 0.29) is 59.4 Å². The molecule has 7 atom stereocenters. The molecule has 4 heterocycles. The number of likely N-dealkylation sites (tertiary alicyclic amines) is 1. The number of aliphatic hydroxyl groups excluding tert-OH is 1. The number of carbonyl (C=O) groups is 2. The molecule has 4 fully saturated rings. The Morgan fingerprint density at radius 3 is 1.89 bits per heavy atom. The molecule has 0 spiro atoms. The van der Waals surface area contributed by atoms with E-state index in [2.05, 4.69) is 86.5 Å². The maximum atomic E-state index is 13.6. The topological polar surface area (TPSA) is 96.1 Å². The highest BCUT2D eigenvalue weighted by atomic mass is 31.2. The summed E-state index contributed by atoms with van der Waals surface area (Å²) in [5.41, 5.74) is -3.01. The Hall–Kier alpha value is -1.02. The Morgan fingerprint density at radius 2 is 1.53 bits per heavy atom. The number of hydrogen-bond acceptors (Lipinski definition) is 9. The molecule has 0 radical (unpaired) electrons. The molecule has 4 bridgehead atoms. The highest BCUT2D eigenvalue weighted by Crippen LogP contribution is 2.64. The zero-order valence-electron chi connectivity index (χ0n) is 33.1. The van der Waals surface area contributed by atoms with Crippen LogP contribution in [0.1, 0.15) is 105 Å². The van der Waals surface area contributed by atoms with Crippen molar-refractivity contribution in [3.05, 3.63) is 11.4 Å². The van der Waals surface area contributed by atoms with Crippen molar-refractivity contribution in [1.82, 2.24) is 14.2 Å². The van der Waals surface area contributed by atoms with Crippen molar-refractivity contribution in [2.24, 2.45) is 11.3 Å². The summed E-state index contributed by atoms with van der Waals surface area (Å²) in [6, 6.07) is -0.103. The predicted octanol–water partition coefficient (Wildman–Crippen LogP) is 5.57. The van der Waals surface area contributed by atoms with Gasteiger partial charge in [-0.1, -0.05) is 34.6 Å². The number of likely N-dealkylation sites (N-methyl/N-ethyl adjacent to an activating group) is 1. The van der Waals surface area contributed by atoms with Gasteiger partial charge in [-0.05, 0) is 82.2 Å². The third-order valence-corrected chi connectivity index (χ3v) is 13.2. The Balaban J connectivity index is 0.000000339. The molecule has 0 aliphatic carbocycles. The molecule has 4 rings (SSSR count). The molecule has 260 valence electrons. The standard InChI is InChI=1S/C20H36N3O3P.C13H23NO2.CH4O/c1-13(2)20-18(24)17(16(7)26-20)23(19(20,8)9)27(25-12-11-21-10)22(14(3)4)15(5)6;1-8-9-10(15)13(16-8,11(2,3)4)12(5,6)14(9)7;1-2/h13-17H,11-12H2,1-9H3;8-9H,1-7H3;2H,1H3/t16-,17?,20?,27?;8-,9?,13?;/m00./s1/i13D;;2T. The molecule has 4 saturated heterocycles. The fraction of sp³-hybridized carbons (Fsp3) is 0.912. The second-order valence-electron chi connectivity index (χ2n) is 15.5. The minimum absolute atomic E-state index is 0.00440. The number of nitrogens with zero attached hydrogens (tertiary/aromatic N) is 4. The lowest BCUT2D eigenvalue weighted by atomic mass is 9.66. The molecule has 45 heavy (non-hydrogen) atoms. The number of carbonyl (C=O) groups excluding carboxylic acids is 2. The molecule has 0 saturated carbocycles. The van der Waals surface area contributed by atoms with E-state index in [0.717, 1.165) is 0 Å². The van der Waals surface area contributed by atoms with Crippen LogP contribution in [0.25, 0.3) is 4.85 Å². The molecule has 1 N–H and O–H groups in total. The number of ketones is 2. The Kier molecular flexibility index (Phi) is 11.3. The molecule has 0 amide bonds. The Labute approximate surface area is 278 Å². The molecule has 4 aliphatic rings. The zero-order chi connectivity index (χ0) is 36.9. The maximum absolute atomic E-state index is 13.6. The highest BCUT2D eigenvalue weighted by molar-refractivity contribution is 7.47. The van der Waals surface area contributed by atoms with E-state index in [0.29, 0.717) is 6.61 Å². The molecule has 0 aromatic rings. The van der Waals surface area contributed by atoms with Gasteiger partial charge in [0.05, 0.1) is 29.3 Å². The fourth-order valence-corrected chi connectivity index (χ4v) is 11.2. The molecular formula is C34H63N4O6P. The lowest BCUT2D eigenvalue weighted by molar-refractivity contribution is -0.198. The molecule has 4 aliphatic heterocycles. The highest BCUT2D eigenvalue weighted by Gasteiger charge is 2.76. The lowest BCUT2D eigenvalue weighted by Gasteiger charge is -2.54. The van der Waals surface area contributed by atoms with Crippen LogP contribution in [-0.4, -0.2) is 118 Å². The van der Waals surface area contributed by atoms with Crippen LogP contribution in [-0.2, 0) is 23.6 Å². The van der Waals surface area contributed by atoms with Crippen molar-refractivity contribution in [2.45, 2.75) is 163 Å². The summed E-state index contributed by atoms with van der Waals surface area (Å²) in [5.74, 6) is -0.845. The van der Waals surface area contributed by atoms with Gasteiger partial charge in [0.15, 0.2) is 25.6 Å². The first-order valence-corrected chi connectivity index (χ1v) is 17.4. The number of ether oxygens (including phenoxy) is 2. The molecule has 0 aromatic carbocycles. The van der Waals surface area contributed by atoms with Crippen molar-refractivity contribution in [1.29, 1.82) is 1.43 Å². The molecule has 0 aromatic heterocycles. The average molecular weight is 658 g/mol. The van der Waals surface area contributed by atoms with E-state index in [9.17, 15) is 9.59 Å². The SMILES string of the molecule is C[C@@H]1OC2(C(C)(C)C)C(=O)C1N(C)C2(C)C.[2H]C(C)(C)C12O[C@@H](C)C(C1=O)N(P(OCC[N+]#[C-])N(C(C)C)C(C)C)C2(C)C.[3H]OC. The van der Waals surface area contributed by atoms with Gasteiger partial charge in [-0.3, -0.25) is 14.5 Å². The van der Waals surface area contributed by atoms with Crippen molar-refractivity contribution < 1.29 is 30.1 Å². The van der Waals surface area contributed by atoms with Gasteiger partial charge in [-0.2, -0.15) is 0 Å². The first-order valence-electron chi connectivity index (χ1n) is 17.2. The van der Waals surface area contributed by atoms with Gasteiger partial charge in [-0.25, -0.2) is 15.9 Å². The van der Waals surface area contributed by atoms with E-state index < -0.39 is 37.1 Å². The van der Waals surface area contributed by atoms with Crippen molar-refractivity contribution >= 4 is 20.0 Å². The lowest BCUT2D eigenvalue weighted by Crippen LogP contribution is -2.65. The summed E-state index contributed by atoms with van der Waals surface area (Å²) in [6.07, 6.45) is -0.300. The maximum Gasteiger partial charge on any atom is 0.238 e. The predicted molar refractivity (Wildman–Crippen MR) is 181 cm³/mol. The average Bonchev–Trinajstić information content (AvgIpc) is 3.45. The van der Waals surface area contributed by atoms with E-state index >= 15 is 0 Å². The number of aliphatic hydroxyl groups is 1. The normalized spacial score (nSPS) is 35.2. The number of rotatable bonds is 8. The van der Waals surface area contributed by atoms with Crippen molar-refractivity contribution in [3.8, 4) is 0 Å². The fourth-order valence-electron chi connectivity index (χ4n) is 8.60. The quantitative estimate of drug-likeness (QED) is 0.204. The summed E-state index contributed by atoms with van der Waals surface area (Å²) in [5, 5.41) is 3.50. The van der Waals surface area contributed by atoms with Crippen molar-refractivity contribution in [3.63, 3.8) is 0 Å². The van der Waals surface area contributed by atoms with Crippen LogP contribution in [0.15, 0.2) is 0 Å². The van der Waals surface area contributed by atoms with E-state index in [1.807, 2.05) is 34.7 Å². The first-order chi connectivity index (χ1) is 21.2. The minimum Gasteiger partial charge on any atom is -0.400 e. The number of hydrogen-bond donors (Lipinski definition) is 1. The summed E-state index contributed by atoms with van der Waals surface area (Å²) < 4.78 is 37.7. The van der Waals surface area contributed by atoms with Crippen LogP contribution in [0.5, 0.6) is 0 Å². The smallest absolute Gasteiger partial charge is 0.238 e. The monoisotopic (exact) mass is 657 g/mol. The van der Waals surface area contributed by atoms with Crippen LogP contribution in [0.3, 0.4) is 0 Å². The number of fused-ring (bicyclic) bond motifs is 4. The van der Waals surface area contributed by atoms with Gasteiger partial charge in [0.1, 0.15) is 18.2 Å². The van der Waals surface area contributed by atoms with Crippen LogP contribution in [0.4, 0.5) is 0 Å². The van der Waals surface area contributed by atoms with Gasteiger partial charge >= 0.3 is 0 Å². The molecule has 10 nitrogen and oxygen atoms in total. The Bertz CT molecular complexity index is 1170. The van der Waals surface area contributed by atoms with Crippen LogP contribution in [0, 0.1) is 17.9 Å². The second-order valence-corrected chi connectivity index (χ2v) is 17.1. The van der Waals surface area contributed by atoms with Crippen LogP contribution < -0.4 is 0 Å². The summed E-state index contributed by atoms with van der Waals surface area (Å²) in [6.45, 7) is 38.2. The first kappa shape index (κ1) is 36.8. The van der Waals surface area contributed by atoms with Gasteiger partial charge in [0.25, 0.3) is 0 Å². The third kappa shape index (κ3) is 5.86.